The number of hydrogen-bond acceptors (Lipinski definition) is 2. The minimum Gasteiger partial charge on any atom is -0.508 e. The first kappa shape index (κ1) is 23.4. The Hall–Kier alpha value is -2.79. The van der Waals surface area contributed by atoms with Crippen LogP contribution in [0, 0.1) is 0 Å². The lowest BCUT2D eigenvalue weighted by Crippen LogP contribution is -2.44. The van der Waals surface area contributed by atoms with Crippen molar-refractivity contribution >= 4 is 0 Å². The summed E-state index contributed by atoms with van der Waals surface area (Å²) >= 11 is 0. The molecule has 0 radical (unpaired) electrons. The van der Waals surface area contributed by atoms with Gasteiger partial charge in [0.05, 0.1) is 0 Å². The number of rotatable bonds is 9. The Morgan fingerprint density at radius 3 is 1.97 bits per heavy atom. The molecule has 3 aromatic carbocycles. The minimum atomic E-state index is -4.51. The number of phenols is 1. The molecule has 3 unspecified atom stereocenters. The summed E-state index contributed by atoms with van der Waals surface area (Å²) in [6.07, 6.45) is -2.66. The Kier molecular flexibility index (Phi) is 6.53. The predicted octanol–water partition coefficient (Wildman–Crippen LogP) is 7.42. The van der Waals surface area contributed by atoms with E-state index in [1.54, 1.807) is 12.1 Å². The van der Waals surface area contributed by atoms with Crippen LogP contribution in [0.5, 0.6) is 5.75 Å². The summed E-state index contributed by atoms with van der Waals surface area (Å²) in [5.41, 5.74) is -1.29. The molecule has 1 N–H and O–H groups in total. The van der Waals surface area contributed by atoms with Crippen LogP contribution in [0.25, 0.3) is 0 Å². The van der Waals surface area contributed by atoms with E-state index >= 15 is 0 Å². The van der Waals surface area contributed by atoms with Crippen molar-refractivity contribution < 1.29 is 23.0 Å². The molecule has 1 aliphatic rings. The van der Waals surface area contributed by atoms with Crippen LogP contribution in [0.2, 0.25) is 0 Å². The fourth-order valence-corrected chi connectivity index (χ4v) is 5.12. The van der Waals surface area contributed by atoms with Gasteiger partial charge in [0.1, 0.15) is 11.4 Å². The van der Waals surface area contributed by atoms with Gasteiger partial charge in [0.25, 0.3) is 0 Å². The highest BCUT2D eigenvalue weighted by atomic mass is 19.4. The second-order valence-corrected chi connectivity index (χ2v) is 8.84. The first-order valence-corrected chi connectivity index (χ1v) is 11.5. The highest BCUT2D eigenvalue weighted by Gasteiger charge is 2.83. The highest BCUT2D eigenvalue weighted by molar-refractivity contribution is 5.44. The molecule has 0 aromatic heterocycles. The molecule has 5 heteroatoms. The zero-order valence-corrected chi connectivity index (χ0v) is 18.7. The summed E-state index contributed by atoms with van der Waals surface area (Å²) in [6.45, 7) is 1.98. The lowest BCUT2D eigenvalue weighted by atomic mass is 9.70. The number of ether oxygens (including phenoxy) is 1. The smallest absolute Gasteiger partial charge is 0.420 e. The average Bonchev–Trinajstić information content (AvgIpc) is 3.49. The molecule has 2 nitrogen and oxygen atoms in total. The van der Waals surface area contributed by atoms with Gasteiger partial charge < -0.3 is 9.84 Å². The van der Waals surface area contributed by atoms with E-state index in [4.69, 9.17) is 4.74 Å². The Balaban J connectivity index is 1.81. The van der Waals surface area contributed by atoms with Crippen molar-refractivity contribution in [2.24, 2.45) is 0 Å². The molecule has 0 saturated carbocycles. The Morgan fingerprint density at radius 1 is 0.818 bits per heavy atom. The van der Waals surface area contributed by atoms with Crippen LogP contribution < -0.4 is 0 Å². The van der Waals surface area contributed by atoms with Crippen molar-refractivity contribution in [1.82, 2.24) is 0 Å². The van der Waals surface area contributed by atoms with E-state index in [-0.39, 0.29) is 18.6 Å². The molecule has 0 amide bonds. The molecule has 3 aromatic rings. The van der Waals surface area contributed by atoms with Crippen LogP contribution in [-0.4, -0.2) is 22.5 Å². The summed E-state index contributed by atoms with van der Waals surface area (Å²) in [5, 5.41) is 9.80. The van der Waals surface area contributed by atoms with Gasteiger partial charge >= 0.3 is 6.18 Å². The number of epoxide rings is 1. The number of halogens is 3. The SMILES string of the molecule is CCCCC1(C(c2ccccc2)c2ccc(O)cc2)OC1(CCc1ccccc1)C(F)(F)F. The molecule has 1 fully saturated rings. The Labute approximate surface area is 193 Å². The predicted molar refractivity (Wildman–Crippen MR) is 123 cm³/mol. The first-order valence-electron chi connectivity index (χ1n) is 11.5. The third-order valence-electron chi connectivity index (χ3n) is 6.79. The van der Waals surface area contributed by atoms with E-state index in [0.717, 1.165) is 17.5 Å². The van der Waals surface area contributed by atoms with Crippen molar-refractivity contribution in [3.05, 3.63) is 102 Å². The second-order valence-electron chi connectivity index (χ2n) is 8.84. The van der Waals surface area contributed by atoms with Crippen LogP contribution in [0.15, 0.2) is 84.9 Å². The maximum Gasteiger partial charge on any atom is 0.420 e. The van der Waals surface area contributed by atoms with Gasteiger partial charge in [0.15, 0.2) is 5.60 Å². The maximum absolute atomic E-state index is 14.8. The fraction of sp³-hybridized carbons (Fsp3) is 0.357. The number of aromatic hydroxyl groups is 1. The molecule has 1 heterocycles. The molecule has 0 bridgehead atoms. The number of phenolic OH excluding ortho intramolecular Hbond substituents is 1. The minimum absolute atomic E-state index is 0.0797. The van der Waals surface area contributed by atoms with Crippen molar-refractivity contribution in [2.75, 3.05) is 0 Å². The topological polar surface area (TPSA) is 32.8 Å². The van der Waals surface area contributed by atoms with Crippen LogP contribution in [0.3, 0.4) is 0 Å². The number of unbranched alkanes of at least 4 members (excludes halogenated alkanes) is 1. The lowest BCUT2D eigenvalue weighted by Gasteiger charge is -2.30. The van der Waals surface area contributed by atoms with Gasteiger partial charge in [0, 0.05) is 5.92 Å². The first-order chi connectivity index (χ1) is 15.8. The van der Waals surface area contributed by atoms with Crippen LogP contribution in [-0.2, 0) is 11.2 Å². The van der Waals surface area contributed by atoms with E-state index in [1.165, 1.54) is 12.1 Å². The van der Waals surface area contributed by atoms with E-state index in [1.807, 2.05) is 67.6 Å². The highest BCUT2D eigenvalue weighted by Crippen LogP contribution is 2.68. The standard InChI is InChI=1S/C28H29F3O2/c1-2-3-19-26(25(22-12-8-5-9-13-22)23-14-16-24(32)17-15-23)27(33-26,28(29,30)31)20-18-21-10-6-4-7-11-21/h4-17,25,32H,2-3,18-20H2,1H3. The van der Waals surface area contributed by atoms with E-state index in [2.05, 4.69) is 0 Å². The number of aryl methyl sites for hydroxylation is 1. The van der Waals surface area contributed by atoms with Gasteiger partial charge in [-0.05, 0) is 48.1 Å². The van der Waals surface area contributed by atoms with Crippen molar-refractivity contribution in [3.63, 3.8) is 0 Å². The summed E-state index contributed by atoms with van der Waals surface area (Å²) in [7, 11) is 0. The van der Waals surface area contributed by atoms with Crippen LogP contribution in [0.1, 0.15) is 55.2 Å². The van der Waals surface area contributed by atoms with Gasteiger partial charge in [-0.1, -0.05) is 92.6 Å². The average molecular weight is 455 g/mol. The third-order valence-corrected chi connectivity index (χ3v) is 6.79. The Bertz CT molecular complexity index is 1030. The fourth-order valence-electron chi connectivity index (χ4n) is 5.12. The van der Waals surface area contributed by atoms with Gasteiger partial charge in [-0.3, -0.25) is 0 Å². The second kappa shape index (κ2) is 9.22. The molecule has 1 aliphatic heterocycles. The van der Waals surface area contributed by atoms with E-state index < -0.39 is 23.3 Å². The zero-order chi connectivity index (χ0) is 23.5. The molecule has 3 atom stereocenters. The maximum atomic E-state index is 14.8. The lowest BCUT2D eigenvalue weighted by molar-refractivity contribution is -0.186. The monoisotopic (exact) mass is 454 g/mol. The largest absolute Gasteiger partial charge is 0.508 e. The molecule has 0 aliphatic carbocycles. The van der Waals surface area contributed by atoms with Crippen LogP contribution in [0.4, 0.5) is 13.2 Å². The summed E-state index contributed by atoms with van der Waals surface area (Å²) in [4.78, 5) is 0. The quantitative estimate of drug-likeness (QED) is 0.341. The molecule has 4 rings (SSSR count). The number of hydrogen-bond donors (Lipinski definition) is 1. The normalized spacial score (nSPS) is 23.3. The zero-order valence-electron chi connectivity index (χ0n) is 18.7. The molecular formula is C28H29F3O2. The van der Waals surface area contributed by atoms with Gasteiger partial charge in [-0.25, -0.2) is 0 Å². The molecule has 174 valence electrons. The number of benzene rings is 3. The molecule has 33 heavy (non-hydrogen) atoms. The third kappa shape index (κ3) is 4.39. The molecule has 1 saturated heterocycles. The summed E-state index contributed by atoms with van der Waals surface area (Å²) < 4.78 is 50.4. The van der Waals surface area contributed by atoms with Gasteiger partial charge in [0.2, 0.25) is 0 Å². The van der Waals surface area contributed by atoms with Crippen molar-refractivity contribution in [3.8, 4) is 5.75 Å². The van der Waals surface area contributed by atoms with Crippen molar-refractivity contribution in [1.29, 1.82) is 0 Å². The summed E-state index contributed by atoms with van der Waals surface area (Å²) in [5.74, 6) is -0.528. The van der Waals surface area contributed by atoms with Gasteiger partial charge in [-0.2, -0.15) is 13.2 Å². The van der Waals surface area contributed by atoms with E-state index in [0.29, 0.717) is 18.4 Å². The Morgan fingerprint density at radius 2 is 1.39 bits per heavy atom. The summed E-state index contributed by atoms with van der Waals surface area (Å²) in [6, 6.07) is 25.0. The van der Waals surface area contributed by atoms with Crippen LogP contribution >= 0.6 is 0 Å². The van der Waals surface area contributed by atoms with E-state index in [9.17, 15) is 18.3 Å². The molecular weight excluding hydrogens is 425 g/mol. The number of alkyl halides is 3. The van der Waals surface area contributed by atoms with Gasteiger partial charge in [-0.15, -0.1) is 0 Å². The van der Waals surface area contributed by atoms with Crippen molar-refractivity contribution in [2.45, 2.75) is 62.3 Å². The molecule has 0 spiro atoms.